The van der Waals surface area contributed by atoms with E-state index < -0.39 is 0 Å². The minimum absolute atomic E-state index is 0.164. The molecule has 0 saturated heterocycles. The highest BCUT2D eigenvalue weighted by Gasteiger charge is 2.23. The van der Waals surface area contributed by atoms with E-state index in [1.807, 2.05) is 24.2 Å². The lowest BCUT2D eigenvalue weighted by molar-refractivity contribution is 0.0947. The fourth-order valence-corrected chi connectivity index (χ4v) is 4.25. The summed E-state index contributed by atoms with van der Waals surface area (Å²) in [6.45, 7) is 2.93. The Bertz CT molecular complexity index is 1180. The van der Waals surface area contributed by atoms with Gasteiger partial charge >= 0.3 is 0 Å². The standard InChI is InChI=1S/C22H25FN8O/c1-2-31-11-17(29-30-31)15-7-13(8-16(23)9-15)10-24-22(32)19-18-21(26-12-25-19)28-20(27-18)14-5-3-4-6-14/h7-9,11-12,14,29-30H,2-6,10H2,1H3,(H,24,32)(H,25,26,27,28). The summed E-state index contributed by atoms with van der Waals surface area (Å²) in [6.07, 6.45) is 7.78. The van der Waals surface area contributed by atoms with Crippen molar-refractivity contribution >= 4 is 22.8 Å². The minimum Gasteiger partial charge on any atom is -0.347 e. The molecule has 3 aromatic rings. The summed E-state index contributed by atoms with van der Waals surface area (Å²) >= 11 is 0. The molecule has 166 valence electrons. The molecule has 10 heteroatoms. The highest BCUT2D eigenvalue weighted by molar-refractivity contribution is 6.02. The first-order valence-electron chi connectivity index (χ1n) is 10.9. The van der Waals surface area contributed by atoms with Crippen LogP contribution in [0.1, 0.15) is 66.0 Å². The summed E-state index contributed by atoms with van der Waals surface area (Å²) in [6, 6.07) is 4.70. The molecule has 5 rings (SSSR count). The molecule has 0 atom stereocenters. The maximum absolute atomic E-state index is 14.2. The van der Waals surface area contributed by atoms with Crippen LogP contribution in [0.3, 0.4) is 0 Å². The van der Waals surface area contributed by atoms with Gasteiger partial charge in [-0.25, -0.2) is 19.3 Å². The molecule has 9 nitrogen and oxygen atoms in total. The summed E-state index contributed by atoms with van der Waals surface area (Å²) in [5.41, 5.74) is 9.37. The van der Waals surface area contributed by atoms with Crippen LogP contribution in [0.5, 0.6) is 0 Å². The van der Waals surface area contributed by atoms with E-state index in [0.29, 0.717) is 28.2 Å². The molecule has 32 heavy (non-hydrogen) atoms. The van der Waals surface area contributed by atoms with Crippen molar-refractivity contribution in [1.29, 1.82) is 0 Å². The SMILES string of the molecule is CCN1C=C(c2cc(F)cc(CNC(=O)c3ncnc4nc(C5CCCC5)[nH]c34)c2)NN1. The second-order valence-electron chi connectivity index (χ2n) is 8.12. The quantitative estimate of drug-likeness (QED) is 0.470. The van der Waals surface area contributed by atoms with Crippen LogP contribution in [0.2, 0.25) is 0 Å². The second kappa shape index (κ2) is 8.54. The van der Waals surface area contributed by atoms with Gasteiger partial charge in [-0.3, -0.25) is 9.80 Å². The predicted molar refractivity (Wildman–Crippen MR) is 117 cm³/mol. The second-order valence-corrected chi connectivity index (χ2v) is 8.12. The zero-order valence-corrected chi connectivity index (χ0v) is 17.8. The topological polar surface area (TPSA) is 111 Å². The van der Waals surface area contributed by atoms with Crippen LogP contribution in [0.25, 0.3) is 16.9 Å². The molecule has 1 aromatic carbocycles. The normalized spacial score (nSPS) is 16.4. The Kier molecular flexibility index (Phi) is 5.44. The van der Waals surface area contributed by atoms with Crippen molar-refractivity contribution in [3.8, 4) is 0 Å². The molecular formula is C22H25FN8O. The number of halogens is 1. The minimum atomic E-state index is -0.372. The smallest absolute Gasteiger partial charge is 0.272 e. The first-order valence-corrected chi connectivity index (χ1v) is 10.9. The van der Waals surface area contributed by atoms with Crippen molar-refractivity contribution in [2.24, 2.45) is 0 Å². The zero-order valence-electron chi connectivity index (χ0n) is 17.8. The van der Waals surface area contributed by atoms with Crippen LogP contribution in [0.4, 0.5) is 4.39 Å². The Morgan fingerprint density at radius 3 is 2.88 bits per heavy atom. The Morgan fingerprint density at radius 1 is 1.25 bits per heavy atom. The lowest BCUT2D eigenvalue weighted by Gasteiger charge is -2.10. The third-order valence-corrected chi connectivity index (χ3v) is 5.95. The number of amides is 1. The maximum atomic E-state index is 14.2. The van der Waals surface area contributed by atoms with Gasteiger partial charge in [0.1, 0.15) is 23.5 Å². The van der Waals surface area contributed by atoms with Gasteiger partial charge in [-0.2, -0.15) is 0 Å². The average Bonchev–Trinajstić information content (AvgIpc) is 3.56. The number of H-pyrrole nitrogens is 1. The van der Waals surface area contributed by atoms with E-state index in [-0.39, 0.29) is 24.0 Å². The predicted octanol–water partition coefficient (Wildman–Crippen LogP) is 2.72. The van der Waals surface area contributed by atoms with Crippen molar-refractivity contribution in [2.45, 2.75) is 45.1 Å². The Morgan fingerprint density at radius 2 is 2.09 bits per heavy atom. The van der Waals surface area contributed by atoms with Crippen molar-refractivity contribution in [3.63, 3.8) is 0 Å². The highest BCUT2D eigenvalue weighted by atomic mass is 19.1. The van der Waals surface area contributed by atoms with Gasteiger partial charge in [0.25, 0.3) is 5.91 Å². The molecule has 1 fully saturated rings. The number of hydrogen-bond acceptors (Lipinski definition) is 7. The molecule has 0 bridgehead atoms. The van der Waals surface area contributed by atoms with E-state index in [4.69, 9.17) is 0 Å². The summed E-state index contributed by atoms with van der Waals surface area (Å²) in [5.74, 6) is 0.516. The molecule has 3 heterocycles. The highest BCUT2D eigenvalue weighted by Crippen LogP contribution is 2.33. The average molecular weight is 436 g/mol. The molecule has 0 radical (unpaired) electrons. The van der Waals surface area contributed by atoms with Gasteiger partial charge in [0.15, 0.2) is 11.3 Å². The van der Waals surface area contributed by atoms with E-state index in [0.717, 1.165) is 30.9 Å². The van der Waals surface area contributed by atoms with Crippen molar-refractivity contribution in [1.82, 2.24) is 41.2 Å². The first kappa shape index (κ1) is 20.4. The molecule has 0 spiro atoms. The van der Waals surface area contributed by atoms with Crippen LogP contribution in [0, 0.1) is 5.82 Å². The molecule has 1 amide bonds. The van der Waals surface area contributed by atoms with Gasteiger partial charge in [-0.1, -0.05) is 12.8 Å². The van der Waals surface area contributed by atoms with Gasteiger partial charge in [0.05, 0.1) is 5.70 Å². The van der Waals surface area contributed by atoms with Gasteiger partial charge in [-0.15, -0.1) is 5.53 Å². The largest absolute Gasteiger partial charge is 0.347 e. The van der Waals surface area contributed by atoms with Crippen LogP contribution in [-0.4, -0.2) is 37.4 Å². The number of benzene rings is 1. The van der Waals surface area contributed by atoms with E-state index in [1.54, 1.807) is 0 Å². The van der Waals surface area contributed by atoms with Crippen LogP contribution in [0.15, 0.2) is 30.7 Å². The Labute approximate surface area is 184 Å². The third-order valence-electron chi connectivity index (χ3n) is 5.95. The van der Waals surface area contributed by atoms with Gasteiger partial charge in [0.2, 0.25) is 0 Å². The molecule has 0 unspecified atom stereocenters. The number of nitrogens with zero attached hydrogens (tertiary/aromatic N) is 4. The molecule has 4 N–H and O–H groups in total. The van der Waals surface area contributed by atoms with Crippen LogP contribution < -0.4 is 16.3 Å². The number of nitrogens with one attached hydrogen (secondary N) is 4. The van der Waals surface area contributed by atoms with Crippen molar-refractivity contribution in [3.05, 3.63) is 59.2 Å². The summed E-state index contributed by atoms with van der Waals surface area (Å²) in [7, 11) is 0. The number of fused-ring (bicyclic) bond motifs is 1. The first-order chi connectivity index (χ1) is 15.6. The summed E-state index contributed by atoms with van der Waals surface area (Å²) in [4.78, 5) is 29.1. The summed E-state index contributed by atoms with van der Waals surface area (Å²) < 4.78 is 14.2. The number of carbonyl (C=O) groups excluding carboxylic acids is 1. The molecule has 1 aliphatic heterocycles. The Balaban J connectivity index is 1.33. The third kappa shape index (κ3) is 4.01. The molecule has 2 aromatic heterocycles. The number of imidazole rings is 1. The molecule has 2 aliphatic rings. The Hall–Kier alpha value is -3.53. The monoisotopic (exact) mass is 436 g/mol. The van der Waals surface area contributed by atoms with E-state index in [1.165, 1.54) is 31.3 Å². The van der Waals surface area contributed by atoms with E-state index in [9.17, 15) is 9.18 Å². The number of rotatable bonds is 6. The van der Waals surface area contributed by atoms with Crippen molar-refractivity contribution in [2.75, 3.05) is 6.54 Å². The number of carbonyl (C=O) groups is 1. The molecule has 1 saturated carbocycles. The number of aromatic nitrogens is 4. The molecule has 1 aliphatic carbocycles. The van der Waals surface area contributed by atoms with Crippen LogP contribution in [-0.2, 0) is 6.54 Å². The fourth-order valence-electron chi connectivity index (χ4n) is 4.25. The number of hydrazine groups is 2. The van der Waals surface area contributed by atoms with Gasteiger partial charge in [0, 0.05) is 30.8 Å². The lowest BCUT2D eigenvalue weighted by Crippen LogP contribution is -2.35. The van der Waals surface area contributed by atoms with Gasteiger partial charge in [-0.05, 0) is 43.5 Å². The zero-order chi connectivity index (χ0) is 22.1. The lowest BCUT2D eigenvalue weighted by atomic mass is 10.1. The van der Waals surface area contributed by atoms with E-state index >= 15 is 0 Å². The maximum Gasteiger partial charge on any atom is 0.272 e. The van der Waals surface area contributed by atoms with Gasteiger partial charge < -0.3 is 15.7 Å². The van der Waals surface area contributed by atoms with E-state index in [2.05, 4.69) is 36.2 Å². The number of hydrogen-bond donors (Lipinski definition) is 4. The van der Waals surface area contributed by atoms with Crippen molar-refractivity contribution < 1.29 is 9.18 Å². The summed E-state index contributed by atoms with van der Waals surface area (Å²) in [5, 5.41) is 4.70. The number of aromatic amines is 1. The molecular weight excluding hydrogens is 411 g/mol. The van der Waals surface area contributed by atoms with Crippen LogP contribution >= 0.6 is 0 Å². The fraction of sp³-hybridized carbons (Fsp3) is 0.364.